The van der Waals surface area contributed by atoms with Crippen molar-refractivity contribution < 1.29 is 73.8 Å². The van der Waals surface area contributed by atoms with Crippen LogP contribution in [0.15, 0.2) is 36.5 Å². The van der Waals surface area contributed by atoms with Crippen LogP contribution in [0.25, 0.3) is 0 Å². The monoisotopic (exact) mass is 1040 g/mol. The van der Waals surface area contributed by atoms with Crippen LogP contribution in [0, 0.1) is 0 Å². The molecule has 0 amide bonds. The molecule has 4 unspecified atom stereocenters. The molecule has 2 fully saturated rings. The molecule has 2 aliphatic heterocycles. The van der Waals surface area contributed by atoms with Crippen molar-refractivity contribution in [2.75, 3.05) is 26.4 Å². The highest BCUT2D eigenvalue weighted by Gasteiger charge is 2.47. The predicted molar refractivity (Wildman–Crippen MR) is 284 cm³/mol. The highest BCUT2D eigenvalue weighted by atomic mass is 16.7. The molecular weight excluding hydrogens is 937 g/mol. The fourth-order valence-corrected chi connectivity index (χ4v) is 9.12. The van der Waals surface area contributed by atoms with Gasteiger partial charge in [0, 0.05) is 12.8 Å². The van der Waals surface area contributed by atoms with E-state index in [1.807, 2.05) is 6.08 Å². The van der Waals surface area contributed by atoms with Crippen LogP contribution < -0.4 is 0 Å². The van der Waals surface area contributed by atoms with Crippen LogP contribution in [0.3, 0.4) is 0 Å². The van der Waals surface area contributed by atoms with E-state index in [0.717, 1.165) is 38.5 Å². The Kier molecular flexibility index (Phi) is 41.0. The van der Waals surface area contributed by atoms with Gasteiger partial charge in [0.05, 0.1) is 19.8 Å². The third-order valence-electron chi connectivity index (χ3n) is 13.9. The number of unbranched alkanes of at least 4 members (excludes halogenated alkanes) is 26. The average Bonchev–Trinajstić information content (AvgIpc) is 3.38. The predicted octanol–water partition coefficient (Wildman–Crippen LogP) is 9.66. The highest BCUT2D eigenvalue weighted by Crippen LogP contribution is 2.27. The van der Waals surface area contributed by atoms with Gasteiger partial charge in [0.1, 0.15) is 55.4 Å². The SMILES string of the molecule is CCCCCCCC/C=C/C/C=C/C/C=C/CCCC(=O)OC[C@H](CO[C@H]1O[C@@H](CO[C@H]2O[C@@H](CO)[C@@H](O)C(O)C2O)[C@@H](O)C(O)C1O)OC(=O)CCCCCCCCCCCCCCCCCCCCCC. The van der Waals surface area contributed by atoms with Gasteiger partial charge < -0.3 is 64.2 Å². The summed E-state index contributed by atoms with van der Waals surface area (Å²) >= 11 is 0. The Morgan fingerprint density at radius 3 is 1.33 bits per heavy atom. The van der Waals surface area contributed by atoms with Gasteiger partial charge >= 0.3 is 11.9 Å². The van der Waals surface area contributed by atoms with Crippen molar-refractivity contribution >= 4 is 11.9 Å². The molecule has 0 aliphatic carbocycles. The standard InChI is InChI=1S/C58H104O15/c1-3-5-7-9-11-13-15-17-19-21-22-23-25-27-29-31-33-35-37-39-41-50(61)71-46(43-68-49(60)40-38-36-34-32-30-28-26-24-20-18-16-14-12-10-8-6-4-2)44-69-57-56(67)54(65)52(63)48(73-57)45-70-58-55(66)53(64)51(62)47(42-59)72-58/h18,20,26,28,32,34,46-48,51-59,62-67H,3-17,19,21-25,27,29-31,33,35-45H2,1-2H3/b20-18+,28-26+,34-32+/t46-,47+,48+,51-,52-,53?,54?,55?,56?,57+,58+/m1/s1. The van der Waals surface area contributed by atoms with E-state index in [2.05, 4.69) is 44.2 Å². The van der Waals surface area contributed by atoms with Crippen LogP contribution in [-0.2, 0) is 38.0 Å². The van der Waals surface area contributed by atoms with Gasteiger partial charge in [0.25, 0.3) is 0 Å². The molecule has 7 N–H and O–H groups in total. The second kappa shape index (κ2) is 44.8. The van der Waals surface area contributed by atoms with Crippen molar-refractivity contribution in [2.45, 2.75) is 293 Å². The maximum atomic E-state index is 13.1. The van der Waals surface area contributed by atoms with E-state index in [9.17, 15) is 45.3 Å². The van der Waals surface area contributed by atoms with E-state index >= 15 is 0 Å². The first-order valence-corrected chi connectivity index (χ1v) is 29.1. The Labute approximate surface area is 440 Å². The lowest BCUT2D eigenvalue weighted by Crippen LogP contribution is -2.61. The summed E-state index contributed by atoms with van der Waals surface area (Å²) < 4.78 is 33.6. The van der Waals surface area contributed by atoms with E-state index in [1.54, 1.807) is 0 Å². The van der Waals surface area contributed by atoms with Crippen molar-refractivity contribution in [3.05, 3.63) is 36.5 Å². The second-order valence-corrected chi connectivity index (χ2v) is 20.5. The first kappa shape index (κ1) is 66.8. The van der Waals surface area contributed by atoms with E-state index in [0.29, 0.717) is 19.3 Å². The molecule has 2 rings (SSSR count). The van der Waals surface area contributed by atoms with E-state index in [-0.39, 0.29) is 19.4 Å². The Morgan fingerprint density at radius 2 is 0.836 bits per heavy atom. The van der Waals surface area contributed by atoms with Crippen LogP contribution in [-0.4, -0.2) is 142 Å². The molecule has 2 aliphatic rings. The maximum absolute atomic E-state index is 13.1. The molecule has 0 aromatic carbocycles. The van der Waals surface area contributed by atoms with Gasteiger partial charge in [-0.15, -0.1) is 0 Å². The normalized spacial score (nSPS) is 25.1. The third kappa shape index (κ3) is 32.2. The van der Waals surface area contributed by atoms with Crippen molar-refractivity contribution in [1.82, 2.24) is 0 Å². The zero-order chi connectivity index (χ0) is 53.2. The van der Waals surface area contributed by atoms with Crippen LogP contribution in [0.1, 0.15) is 226 Å². The minimum atomic E-state index is -1.77. The molecule has 73 heavy (non-hydrogen) atoms. The number of hydrogen-bond acceptors (Lipinski definition) is 15. The maximum Gasteiger partial charge on any atom is 0.306 e. The lowest BCUT2D eigenvalue weighted by atomic mass is 9.98. The quantitative estimate of drug-likeness (QED) is 0.0171. The van der Waals surface area contributed by atoms with Gasteiger partial charge in [-0.1, -0.05) is 204 Å². The molecule has 0 bridgehead atoms. The van der Waals surface area contributed by atoms with Crippen LogP contribution in [0.4, 0.5) is 0 Å². The number of carbonyl (C=O) groups is 2. The first-order valence-electron chi connectivity index (χ1n) is 29.1. The fraction of sp³-hybridized carbons (Fsp3) is 0.862. The molecule has 0 radical (unpaired) electrons. The molecule has 15 nitrogen and oxygen atoms in total. The fourth-order valence-electron chi connectivity index (χ4n) is 9.12. The number of allylic oxidation sites excluding steroid dienone is 6. The van der Waals surface area contributed by atoms with Crippen molar-refractivity contribution in [3.63, 3.8) is 0 Å². The number of carbonyl (C=O) groups excluding carboxylic acids is 2. The molecule has 11 atom stereocenters. The number of aliphatic hydroxyl groups excluding tert-OH is 7. The molecule has 2 heterocycles. The summed E-state index contributed by atoms with van der Waals surface area (Å²) in [5, 5.41) is 72.3. The Balaban J connectivity index is 1.77. The zero-order valence-electron chi connectivity index (χ0n) is 45.4. The molecule has 0 saturated carbocycles. The topological polar surface area (TPSA) is 231 Å². The summed E-state index contributed by atoms with van der Waals surface area (Å²) in [6, 6.07) is 0. The van der Waals surface area contributed by atoms with Gasteiger partial charge in [0.2, 0.25) is 0 Å². The Morgan fingerprint density at radius 1 is 0.438 bits per heavy atom. The lowest BCUT2D eigenvalue weighted by Gasteiger charge is -2.42. The molecule has 426 valence electrons. The molecule has 2 saturated heterocycles. The van der Waals surface area contributed by atoms with Crippen LogP contribution >= 0.6 is 0 Å². The summed E-state index contributed by atoms with van der Waals surface area (Å²) in [4.78, 5) is 25.9. The minimum absolute atomic E-state index is 0.148. The number of esters is 2. The summed E-state index contributed by atoms with van der Waals surface area (Å²) in [7, 11) is 0. The number of ether oxygens (including phenoxy) is 6. The minimum Gasteiger partial charge on any atom is -0.462 e. The Bertz CT molecular complexity index is 1410. The second-order valence-electron chi connectivity index (χ2n) is 20.5. The van der Waals surface area contributed by atoms with Gasteiger partial charge in [-0.25, -0.2) is 0 Å². The van der Waals surface area contributed by atoms with Gasteiger partial charge in [-0.3, -0.25) is 9.59 Å². The molecule has 15 heteroatoms. The first-order chi connectivity index (χ1) is 35.5. The average molecular weight is 1040 g/mol. The highest BCUT2D eigenvalue weighted by molar-refractivity contribution is 5.70. The number of hydrogen-bond donors (Lipinski definition) is 7. The smallest absolute Gasteiger partial charge is 0.306 e. The van der Waals surface area contributed by atoms with Gasteiger partial charge in [-0.05, 0) is 44.9 Å². The third-order valence-corrected chi connectivity index (χ3v) is 13.9. The molecule has 0 aromatic rings. The van der Waals surface area contributed by atoms with E-state index < -0.39 is 99.3 Å². The molecular formula is C58H104O15. The van der Waals surface area contributed by atoms with Crippen molar-refractivity contribution in [3.8, 4) is 0 Å². The van der Waals surface area contributed by atoms with E-state index in [4.69, 9.17) is 28.4 Å². The Hall–Kier alpha value is -2.28. The summed E-state index contributed by atoms with van der Waals surface area (Å²) in [6.07, 6.45) is 33.2. The summed E-state index contributed by atoms with van der Waals surface area (Å²) in [5.74, 6) is -0.976. The van der Waals surface area contributed by atoms with Crippen molar-refractivity contribution in [1.29, 1.82) is 0 Å². The van der Waals surface area contributed by atoms with E-state index in [1.165, 1.54) is 141 Å². The number of rotatable bonds is 46. The molecule has 0 aromatic heterocycles. The van der Waals surface area contributed by atoms with Crippen LogP contribution in [0.5, 0.6) is 0 Å². The van der Waals surface area contributed by atoms with Crippen LogP contribution in [0.2, 0.25) is 0 Å². The summed E-state index contributed by atoms with van der Waals surface area (Å²) in [5.41, 5.74) is 0. The molecule has 0 spiro atoms. The van der Waals surface area contributed by atoms with Gasteiger partial charge in [-0.2, -0.15) is 0 Å². The number of aliphatic hydroxyl groups is 7. The largest absolute Gasteiger partial charge is 0.462 e. The van der Waals surface area contributed by atoms with Crippen molar-refractivity contribution in [2.24, 2.45) is 0 Å². The van der Waals surface area contributed by atoms with Gasteiger partial charge in [0.15, 0.2) is 18.7 Å². The summed E-state index contributed by atoms with van der Waals surface area (Å²) in [6.45, 7) is 2.57. The zero-order valence-corrected chi connectivity index (χ0v) is 45.4. The lowest BCUT2D eigenvalue weighted by molar-refractivity contribution is -0.332.